The van der Waals surface area contributed by atoms with Crippen molar-refractivity contribution < 1.29 is 14.6 Å². The number of unbranched alkanes of at least 4 members (excludes halogenated alkanes) is 2. The summed E-state index contributed by atoms with van der Waals surface area (Å²) in [5, 5.41) is 18.5. The largest absolute Gasteiger partial charge is 0.507 e. The van der Waals surface area contributed by atoms with Crippen LogP contribution in [0.1, 0.15) is 59.4 Å². The van der Waals surface area contributed by atoms with Crippen LogP contribution in [0.25, 0.3) is 11.3 Å². The summed E-state index contributed by atoms with van der Waals surface area (Å²) in [4.78, 5) is 15.2. The molecule has 0 saturated carbocycles. The molecule has 0 saturated heterocycles. The first-order valence-corrected chi connectivity index (χ1v) is 10.9. The molecule has 1 amide bonds. The van der Waals surface area contributed by atoms with Crippen molar-refractivity contribution >= 4 is 17.5 Å². The Kier molecular flexibility index (Phi) is 5.92. The summed E-state index contributed by atoms with van der Waals surface area (Å²) < 4.78 is 5.30. The minimum absolute atomic E-state index is 0.0802. The smallest absolute Gasteiger partial charge is 0.273 e. The monoisotopic (exact) mass is 439 g/mol. The highest BCUT2D eigenvalue weighted by Crippen LogP contribution is 2.45. The predicted octanol–water partition coefficient (Wildman–Crippen LogP) is 5.49. The Hall–Kier alpha value is -2.99. The Morgan fingerprint density at radius 3 is 2.65 bits per heavy atom. The zero-order valence-corrected chi connectivity index (χ0v) is 18.7. The molecular formula is C24H26ClN3O3. The van der Waals surface area contributed by atoms with Crippen LogP contribution in [0.2, 0.25) is 5.02 Å². The molecule has 162 valence electrons. The van der Waals surface area contributed by atoms with E-state index in [0.29, 0.717) is 28.5 Å². The van der Waals surface area contributed by atoms with Gasteiger partial charge in [0.05, 0.1) is 13.2 Å². The summed E-state index contributed by atoms with van der Waals surface area (Å²) in [5.74, 6) is 0.756. The number of hydrogen-bond donors (Lipinski definition) is 2. The van der Waals surface area contributed by atoms with Gasteiger partial charge in [0.25, 0.3) is 5.91 Å². The van der Waals surface area contributed by atoms with Crippen LogP contribution >= 0.6 is 11.6 Å². The number of H-pyrrole nitrogens is 1. The second-order valence-corrected chi connectivity index (χ2v) is 8.27. The van der Waals surface area contributed by atoms with Gasteiger partial charge in [0.2, 0.25) is 0 Å². The van der Waals surface area contributed by atoms with Crippen molar-refractivity contribution in [3.05, 3.63) is 63.8 Å². The van der Waals surface area contributed by atoms with Crippen LogP contribution in [-0.2, 0) is 0 Å². The molecule has 1 atom stereocenters. The van der Waals surface area contributed by atoms with Crippen LogP contribution in [-0.4, -0.2) is 39.8 Å². The number of nitrogens with one attached hydrogen (secondary N) is 1. The molecule has 0 fully saturated rings. The van der Waals surface area contributed by atoms with Crippen LogP contribution in [0.15, 0.2) is 36.4 Å². The summed E-state index contributed by atoms with van der Waals surface area (Å²) >= 11 is 6.34. The number of ether oxygens (including phenoxy) is 1. The number of aromatic amines is 1. The van der Waals surface area contributed by atoms with Gasteiger partial charge in [-0.15, -0.1) is 0 Å². The minimum Gasteiger partial charge on any atom is -0.507 e. The molecule has 4 rings (SSSR count). The Balaban J connectivity index is 1.84. The lowest BCUT2D eigenvalue weighted by Gasteiger charge is -2.26. The minimum atomic E-state index is -0.307. The number of aryl methyl sites for hydroxylation is 1. The van der Waals surface area contributed by atoms with E-state index < -0.39 is 0 Å². The standard InChI is InChI=1S/C24H26ClN3O3/c1-4-5-6-11-28-23(15-7-9-16(31-3)10-8-15)20-21(26-27-22(20)24(28)30)17-13-18(25)14(2)12-19(17)29/h7-10,12-13,23,29H,4-6,11H2,1-3H3,(H,26,27). The summed E-state index contributed by atoms with van der Waals surface area (Å²) in [6.45, 7) is 4.62. The van der Waals surface area contributed by atoms with Gasteiger partial charge in [-0.2, -0.15) is 5.10 Å². The first kappa shape index (κ1) is 21.2. The number of halogens is 1. The molecule has 31 heavy (non-hydrogen) atoms. The summed E-state index contributed by atoms with van der Waals surface area (Å²) in [6, 6.07) is 10.7. The van der Waals surface area contributed by atoms with Gasteiger partial charge in [0.1, 0.15) is 22.9 Å². The van der Waals surface area contributed by atoms with E-state index in [1.165, 1.54) is 0 Å². The van der Waals surface area contributed by atoms with Gasteiger partial charge in [0, 0.05) is 22.7 Å². The first-order chi connectivity index (χ1) is 15.0. The van der Waals surface area contributed by atoms with E-state index in [1.807, 2.05) is 36.1 Å². The molecule has 7 heteroatoms. The van der Waals surface area contributed by atoms with Crippen molar-refractivity contribution in [3.8, 4) is 22.8 Å². The topological polar surface area (TPSA) is 78.5 Å². The number of phenols is 1. The van der Waals surface area contributed by atoms with Crippen LogP contribution in [0, 0.1) is 6.92 Å². The maximum absolute atomic E-state index is 13.3. The van der Waals surface area contributed by atoms with Gasteiger partial charge < -0.3 is 14.7 Å². The van der Waals surface area contributed by atoms with E-state index in [-0.39, 0.29) is 17.7 Å². The Bertz CT molecular complexity index is 1110. The maximum atomic E-state index is 13.3. The number of phenolic OH excluding ortho intramolecular Hbond substituents is 1. The quantitative estimate of drug-likeness (QED) is 0.477. The molecule has 2 heterocycles. The van der Waals surface area contributed by atoms with Crippen molar-refractivity contribution in [1.29, 1.82) is 0 Å². The first-order valence-electron chi connectivity index (χ1n) is 10.5. The van der Waals surface area contributed by atoms with Crippen molar-refractivity contribution in [2.75, 3.05) is 13.7 Å². The normalized spacial score (nSPS) is 15.4. The van der Waals surface area contributed by atoms with Crippen LogP contribution in [0.5, 0.6) is 11.5 Å². The van der Waals surface area contributed by atoms with E-state index in [4.69, 9.17) is 16.3 Å². The average molecular weight is 440 g/mol. The molecule has 6 nitrogen and oxygen atoms in total. The Labute approximate surface area is 186 Å². The molecule has 2 N–H and O–H groups in total. The number of hydrogen-bond acceptors (Lipinski definition) is 4. The molecule has 3 aromatic rings. The highest BCUT2D eigenvalue weighted by molar-refractivity contribution is 6.31. The number of fused-ring (bicyclic) bond motifs is 1. The molecule has 1 aliphatic heterocycles. The molecule has 1 aliphatic rings. The number of benzene rings is 2. The second kappa shape index (κ2) is 8.63. The summed E-state index contributed by atoms with van der Waals surface area (Å²) in [6.07, 6.45) is 3.04. The zero-order chi connectivity index (χ0) is 22.1. The van der Waals surface area contributed by atoms with Gasteiger partial charge >= 0.3 is 0 Å². The fraction of sp³-hybridized carbons (Fsp3) is 0.333. The van der Waals surface area contributed by atoms with Crippen LogP contribution < -0.4 is 4.74 Å². The third kappa shape index (κ3) is 3.76. The third-order valence-corrected chi connectivity index (χ3v) is 6.24. The maximum Gasteiger partial charge on any atom is 0.273 e. The number of aromatic hydroxyl groups is 1. The SMILES string of the molecule is CCCCCN1C(=O)c2[nH]nc(-c3cc(Cl)c(C)cc3O)c2C1c1ccc(OC)cc1. The van der Waals surface area contributed by atoms with E-state index in [0.717, 1.165) is 41.7 Å². The van der Waals surface area contributed by atoms with Crippen molar-refractivity contribution in [2.45, 2.75) is 39.2 Å². The zero-order valence-electron chi connectivity index (χ0n) is 17.9. The van der Waals surface area contributed by atoms with Gasteiger partial charge in [0.15, 0.2) is 0 Å². The molecule has 0 aliphatic carbocycles. The lowest BCUT2D eigenvalue weighted by Crippen LogP contribution is -2.30. The number of rotatable bonds is 7. The van der Waals surface area contributed by atoms with E-state index in [1.54, 1.807) is 19.2 Å². The molecular weight excluding hydrogens is 414 g/mol. The number of carbonyl (C=O) groups is 1. The third-order valence-electron chi connectivity index (χ3n) is 5.83. The second-order valence-electron chi connectivity index (χ2n) is 7.86. The van der Waals surface area contributed by atoms with E-state index in [9.17, 15) is 9.90 Å². The molecule has 2 aromatic carbocycles. The summed E-state index contributed by atoms with van der Waals surface area (Å²) in [7, 11) is 1.63. The van der Waals surface area contributed by atoms with Crippen LogP contribution in [0.4, 0.5) is 0 Å². The molecule has 0 radical (unpaired) electrons. The highest BCUT2D eigenvalue weighted by Gasteiger charge is 2.42. The Morgan fingerprint density at radius 1 is 1.23 bits per heavy atom. The van der Waals surface area contributed by atoms with Gasteiger partial charge in [-0.3, -0.25) is 9.89 Å². The van der Waals surface area contributed by atoms with Gasteiger partial charge in [-0.25, -0.2) is 0 Å². The van der Waals surface area contributed by atoms with Crippen molar-refractivity contribution in [3.63, 3.8) is 0 Å². The highest BCUT2D eigenvalue weighted by atomic mass is 35.5. The Morgan fingerprint density at radius 2 is 1.97 bits per heavy atom. The lowest BCUT2D eigenvalue weighted by molar-refractivity contribution is 0.0740. The molecule has 1 unspecified atom stereocenters. The predicted molar refractivity (Wildman–Crippen MR) is 121 cm³/mol. The fourth-order valence-corrected chi connectivity index (χ4v) is 4.32. The van der Waals surface area contributed by atoms with Gasteiger partial charge in [-0.05, 0) is 48.7 Å². The molecule has 1 aromatic heterocycles. The van der Waals surface area contributed by atoms with Gasteiger partial charge in [-0.1, -0.05) is 43.5 Å². The number of methoxy groups -OCH3 is 1. The van der Waals surface area contributed by atoms with Crippen LogP contribution in [0.3, 0.4) is 0 Å². The molecule has 0 bridgehead atoms. The number of aromatic nitrogens is 2. The number of carbonyl (C=O) groups excluding carboxylic acids is 1. The molecule has 0 spiro atoms. The number of nitrogens with zero attached hydrogens (tertiary/aromatic N) is 2. The van der Waals surface area contributed by atoms with E-state index >= 15 is 0 Å². The summed E-state index contributed by atoms with van der Waals surface area (Å²) in [5.41, 5.74) is 4.02. The van der Waals surface area contributed by atoms with Crippen molar-refractivity contribution in [2.24, 2.45) is 0 Å². The lowest BCUT2D eigenvalue weighted by atomic mass is 9.95. The average Bonchev–Trinajstić information content (AvgIpc) is 3.30. The fourth-order valence-electron chi connectivity index (χ4n) is 4.15. The number of amides is 1. The van der Waals surface area contributed by atoms with Crippen molar-refractivity contribution in [1.82, 2.24) is 15.1 Å². The van der Waals surface area contributed by atoms with E-state index in [2.05, 4.69) is 17.1 Å².